The number of aromatic nitrogens is 2. The molecule has 3 aromatic heterocycles. The fourth-order valence-corrected chi connectivity index (χ4v) is 5.47. The molecule has 7 heteroatoms. The first kappa shape index (κ1) is 12.5. The lowest BCUT2D eigenvalue weighted by Gasteiger charge is -1.85. The van der Waals surface area contributed by atoms with E-state index in [0.29, 0.717) is 0 Å². The smallest absolute Gasteiger partial charge is 0.137 e. The predicted octanol–water partition coefficient (Wildman–Crippen LogP) is 5.20. The molecule has 0 saturated heterocycles. The fourth-order valence-electron chi connectivity index (χ4n) is 1.28. The third-order valence-electron chi connectivity index (χ3n) is 1.99. The summed E-state index contributed by atoms with van der Waals surface area (Å²) in [4.78, 5) is 2.40. The quantitative estimate of drug-likeness (QED) is 0.451. The van der Waals surface area contributed by atoms with E-state index in [-0.39, 0.29) is 0 Å². The van der Waals surface area contributed by atoms with Crippen LogP contribution in [0.15, 0.2) is 24.3 Å². The zero-order chi connectivity index (χ0) is 11.8. The SMILES string of the molecule is Ic1ccc(-c2nnc(-c3ccc(I)s3)s2)s1. The Morgan fingerprint density at radius 1 is 0.706 bits per heavy atom. The molecule has 0 amide bonds. The number of halogens is 2. The van der Waals surface area contributed by atoms with Gasteiger partial charge in [0.1, 0.15) is 0 Å². The molecule has 3 rings (SSSR count). The van der Waals surface area contributed by atoms with E-state index in [1.54, 1.807) is 34.0 Å². The van der Waals surface area contributed by atoms with Gasteiger partial charge in [0, 0.05) is 0 Å². The summed E-state index contributed by atoms with van der Waals surface area (Å²) in [5.41, 5.74) is 0. The van der Waals surface area contributed by atoms with Crippen molar-refractivity contribution in [3.05, 3.63) is 30.0 Å². The predicted molar refractivity (Wildman–Crippen MR) is 92.0 cm³/mol. The van der Waals surface area contributed by atoms with Crippen LogP contribution >= 0.6 is 79.2 Å². The molecule has 0 aromatic carbocycles. The van der Waals surface area contributed by atoms with Crippen LogP contribution < -0.4 is 0 Å². The maximum Gasteiger partial charge on any atom is 0.158 e. The van der Waals surface area contributed by atoms with Gasteiger partial charge < -0.3 is 0 Å². The second-order valence-corrected chi connectivity index (χ2v) is 10.1. The molecule has 0 aliphatic rings. The third kappa shape index (κ3) is 2.72. The number of nitrogens with zero attached hydrogens (tertiary/aromatic N) is 2. The van der Waals surface area contributed by atoms with Crippen molar-refractivity contribution in [3.8, 4) is 19.8 Å². The summed E-state index contributed by atoms with van der Waals surface area (Å²) in [5, 5.41) is 10.6. The normalized spacial score (nSPS) is 10.9. The number of hydrogen-bond acceptors (Lipinski definition) is 5. The highest BCUT2D eigenvalue weighted by molar-refractivity contribution is 14.1. The van der Waals surface area contributed by atoms with E-state index in [9.17, 15) is 0 Å². The molecule has 0 N–H and O–H groups in total. The average molecular weight is 502 g/mol. The molecule has 0 saturated carbocycles. The average Bonchev–Trinajstić information content (AvgIpc) is 2.96. The van der Waals surface area contributed by atoms with Crippen LogP contribution in [0, 0.1) is 5.77 Å². The molecular weight excluding hydrogens is 498 g/mol. The number of thiophene rings is 2. The minimum Gasteiger partial charge on any atom is -0.137 e. The molecule has 17 heavy (non-hydrogen) atoms. The van der Waals surface area contributed by atoms with Crippen LogP contribution in [0.1, 0.15) is 0 Å². The van der Waals surface area contributed by atoms with Gasteiger partial charge in [-0.05, 0) is 69.4 Å². The highest BCUT2D eigenvalue weighted by Gasteiger charge is 2.11. The molecule has 86 valence electrons. The van der Waals surface area contributed by atoms with E-state index in [4.69, 9.17) is 0 Å². The Kier molecular flexibility index (Phi) is 3.80. The minimum absolute atomic E-state index is 1.01. The van der Waals surface area contributed by atoms with Crippen LogP contribution in [0.2, 0.25) is 0 Å². The Bertz CT molecular complexity index is 601. The van der Waals surface area contributed by atoms with Crippen molar-refractivity contribution in [2.24, 2.45) is 0 Å². The van der Waals surface area contributed by atoms with Crippen molar-refractivity contribution < 1.29 is 0 Å². The van der Waals surface area contributed by atoms with Crippen LogP contribution in [0.3, 0.4) is 0 Å². The lowest BCUT2D eigenvalue weighted by atomic mass is 10.5. The second-order valence-electron chi connectivity index (χ2n) is 3.12. The van der Waals surface area contributed by atoms with Gasteiger partial charge in [-0.2, -0.15) is 0 Å². The first-order valence-electron chi connectivity index (χ1n) is 4.57. The maximum atomic E-state index is 4.27. The topological polar surface area (TPSA) is 25.8 Å². The van der Waals surface area contributed by atoms with Gasteiger partial charge in [0.25, 0.3) is 0 Å². The van der Waals surface area contributed by atoms with Crippen molar-refractivity contribution in [2.75, 3.05) is 0 Å². The molecule has 0 radical (unpaired) electrons. The summed E-state index contributed by atoms with van der Waals surface area (Å²) >= 11 is 9.81. The van der Waals surface area contributed by atoms with Crippen LogP contribution in [0.5, 0.6) is 0 Å². The van der Waals surface area contributed by atoms with Gasteiger partial charge in [-0.25, -0.2) is 0 Å². The molecule has 3 aromatic rings. The summed E-state index contributed by atoms with van der Waals surface area (Å²) < 4.78 is 2.56. The second kappa shape index (κ2) is 5.19. The molecule has 0 aliphatic heterocycles. The summed E-state index contributed by atoms with van der Waals surface area (Å²) in [7, 11) is 0. The molecule has 2 nitrogen and oxygen atoms in total. The van der Waals surface area contributed by atoms with Crippen molar-refractivity contribution in [1.82, 2.24) is 10.2 Å². The highest BCUT2D eigenvalue weighted by atomic mass is 127. The first-order valence-corrected chi connectivity index (χ1v) is 9.18. The Hall–Kier alpha value is 0.420. The van der Waals surface area contributed by atoms with Crippen molar-refractivity contribution in [1.29, 1.82) is 0 Å². The van der Waals surface area contributed by atoms with Gasteiger partial charge in [-0.1, -0.05) is 11.3 Å². The first-order chi connectivity index (χ1) is 8.22. The van der Waals surface area contributed by atoms with Gasteiger partial charge in [0.15, 0.2) is 10.0 Å². The molecule has 0 bridgehead atoms. The van der Waals surface area contributed by atoms with Crippen LogP contribution in [0.4, 0.5) is 0 Å². The largest absolute Gasteiger partial charge is 0.158 e. The molecule has 3 heterocycles. The molecule has 0 unspecified atom stereocenters. The molecule has 0 spiro atoms. The van der Waals surface area contributed by atoms with Crippen molar-refractivity contribution in [2.45, 2.75) is 0 Å². The third-order valence-corrected chi connectivity index (χ3v) is 7.04. The Morgan fingerprint density at radius 3 is 1.53 bits per heavy atom. The van der Waals surface area contributed by atoms with Crippen LogP contribution in [-0.2, 0) is 0 Å². The highest BCUT2D eigenvalue weighted by Crippen LogP contribution is 2.36. The fraction of sp³-hybridized carbons (Fsp3) is 0. The summed E-state index contributed by atoms with van der Waals surface area (Å²) in [6, 6.07) is 8.43. The molecule has 0 atom stereocenters. The van der Waals surface area contributed by atoms with Gasteiger partial charge in [-0.3, -0.25) is 0 Å². The molecular formula is C10H4I2N2S3. The van der Waals surface area contributed by atoms with Gasteiger partial charge in [0.2, 0.25) is 0 Å². The van der Waals surface area contributed by atoms with E-state index in [1.807, 2.05) is 0 Å². The Morgan fingerprint density at radius 2 is 1.18 bits per heavy atom. The molecule has 0 fully saturated rings. The van der Waals surface area contributed by atoms with Crippen molar-refractivity contribution >= 4 is 79.2 Å². The minimum atomic E-state index is 1.01. The maximum absolute atomic E-state index is 4.27. The zero-order valence-corrected chi connectivity index (χ0v) is 14.9. The van der Waals surface area contributed by atoms with E-state index in [0.717, 1.165) is 10.0 Å². The van der Waals surface area contributed by atoms with Gasteiger partial charge in [0.05, 0.1) is 15.5 Å². The summed E-state index contributed by atoms with van der Waals surface area (Å²) in [6.45, 7) is 0. The summed E-state index contributed by atoms with van der Waals surface area (Å²) in [5.74, 6) is 0. The Balaban J connectivity index is 1.98. The number of hydrogen-bond donors (Lipinski definition) is 0. The Labute approximate surface area is 137 Å². The lowest BCUT2D eigenvalue weighted by Crippen LogP contribution is -1.71. The van der Waals surface area contributed by atoms with Crippen LogP contribution in [0.25, 0.3) is 19.8 Å². The van der Waals surface area contributed by atoms with Gasteiger partial charge in [-0.15, -0.1) is 32.9 Å². The van der Waals surface area contributed by atoms with Gasteiger partial charge >= 0.3 is 0 Å². The monoisotopic (exact) mass is 502 g/mol. The van der Waals surface area contributed by atoms with E-state index in [2.05, 4.69) is 79.6 Å². The van der Waals surface area contributed by atoms with E-state index >= 15 is 0 Å². The molecule has 0 aliphatic carbocycles. The lowest BCUT2D eigenvalue weighted by molar-refractivity contribution is 1.11. The van der Waals surface area contributed by atoms with E-state index in [1.165, 1.54) is 15.5 Å². The van der Waals surface area contributed by atoms with Crippen molar-refractivity contribution in [3.63, 3.8) is 0 Å². The zero-order valence-electron chi connectivity index (χ0n) is 8.18. The van der Waals surface area contributed by atoms with Crippen LogP contribution in [-0.4, -0.2) is 10.2 Å². The number of rotatable bonds is 2. The standard InChI is InChI=1S/C10H4I2N2S3/c11-7-3-1-5(15-7)9-13-14-10(17-9)6-2-4-8(12)16-6/h1-4H. The van der Waals surface area contributed by atoms with E-state index < -0.39 is 0 Å². The summed E-state index contributed by atoms with van der Waals surface area (Å²) in [6.07, 6.45) is 0.